The molecule has 0 fully saturated rings. The van der Waals surface area contributed by atoms with Crippen molar-refractivity contribution < 1.29 is 19.1 Å². The highest BCUT2D eigenvalue weighted by Crippen LogP contribution is 2.12. The molecule has 134 valence electrons. The second kappa shape index (κ2) is 9.88. The minimum absolute atomic E-state index is 0.342. The van der Waals surface area contributed by atoms with Crippen LogP contribution in [0, 0.1) is 0 Å². The van der Waals surface area contributed by atoms with Crippen LogP contribution >= 0.6 is 0 Å². The van der Waals surface area contributed by atoms with Crippen molar-refractivity contribution in [3.63, 3.8) is 0 Å². The first-order valence-corrected chi connectivity index (χ1v) is 8.09. The highest BCUT2D eigenvalue weighted by atomic mass is 16.5. The fourth-order valence-corrected chi connectivity index (χ4v) is 2.03. The lowest BCUT2D eigenvalue weighted by molar-refractivity contribution is -0.132. The maximum absolute atomic E-state index is 10.9. The van der Waals surface area contributed by atoms with Crippen LogP contribution in [-0.4, -0.2) is 37.5 Å². The van der Waals surface area contributed by atoms with Crippen LogP contribution in [0.4, 0.5) is 0 Å². The van der Waals surface area contributed by atoms with Gasteiger partial charge in [0.1, 0.15) is 11.5 Å². The first kappa shape index (κ1) is 19.1. The number of hydrogen-bond acceptors (Lipinski definition) is 6. The zero-order valence-electron chi connectivity index (χ0n) is 14.7. The number of benzene rings is 2. The van der Waals surface area contributed by atoms with Crippen molar-refractivity contribution in [2.45, 2.75) is 13.8 Å². The van der Waals surface area contributed by atoms with Crippen molar-refractivity contribution in [2.75, 3.05) is 13.1 Å². The molecule has 0 saturated carbocycles. The molecule has 0 bridgehead atoms. The highest BCUT2D eigenvalue weighted by molar-refractivity contribution is 5.81. The Labute approximate surface area is 152 Å². The number of aliphatic imine (C=N–C) groups is 2. The highest BCUT2D eigenvalue weighted by Gasteiger charge is 1.97. The van der Waals surface area contributed by atoms with E-state index in [2.05, 4.69) is 9.98 Å². The van der Waals surface area contributed by atoms with Gasteiger partial charge in [-0.25, -0.2) is 0 Å². The van der Waals surface area contributed by atoms with Crippen LogP contribution in [0.25, 0.3) is 0 Å². The summed E-state index contributed by atoms with van der Waals surface area (Å²) in [5.74, 6) is 0.341. The Morgan fingerprint density at radius 1 is 0.731 bits per heavy atom. The van der Waals surface area contributed by atoms with Gasteiger partial charge in [0.15, 0.2) is 0 Å². The smallest absolute Gasteiger partial charge is 0.308 e. The Hall–Kier alpha value is -3.28. The van der Waals surface area contributed by atoms with Crippen molar-refractivity contribution in [1.82, 2.24) is 0 Å². The summed E-state index contributed by atoms with van der Waals surface area (Å²) in [4.78, 5) is 30.3. The van der Waals surface area contributed by atoms with Gasteiger partial charge in [0.25, 0.3) is 0 Å². The van der Waals surface area contributed by atoms with Crippen LogP contribution < -0.4 is 9.47 Å². The molecule has 26 heavy (non-hydrogen) atoms. The molecule has 0 atom stereocenters. The predicted molar refractivity (Wildman–Crippen MR) is 100 cm³/mol. The Morgan fingerprint density at radius 2 is 1.08 bits per heavy atom. The number of ether oxygens (including phenoxy) is 2. The normalized spacial score (nSPS) is 11.0. The fraction of sp³-hybridized carbons (Fsp3) is 0.200. The number of carbonyl (C=O) groups excluding carboxylic acids is 2. The van der Waals surface area contributed by atoms with Crippen LogP contribution in [0.2, 0.25) is 0 Å². The first-order valence-electron chi connectivity index (χ1n) is 8.09. The van der Waals surface area contributed by atoms with Crippen molar-refractivity contribution in [3.05, 3.63) is 59.7 Å². The number of carbonyl (C=O) groups is 2. The molecule has 0 aromatic heterocycles. The van der Waals surface area contributed by atoms with Crippen LogP contribution in [-0.2, 0) is 9.59 Å². The van der Waals surface area contributed by atoms with Crippen LogP contribution in [0.1, 0.15) is 25.0 Å². The summed E-state index contributed by atoms with van der Waals surface area (Å²) in [6, 6.07) is 14.2. The summed E-state index contributed by atoms with van der Waals surface area (Å²) in [6.07, 6.45) is 3.50. The third-order valence-corrected chi connectivity index (χ3v) is 3.12. The molecule has 0 radical (unpaired) electrons. The Bertz CT molecular complexity index is 724. The zero-order valence-corrected chi connectivity index (χ0v) is 14.7. The SMILES string of the molecule is CC(=O)Oc1ccc(/C=N/CC/N=C/c2ccc(OC(C)=O)cc2)cc1. The van der Waals surface area contributed by atoms with E-state index in [9.17, 15) is 9.59 Å². The van der Waals surface area contributed by atoms with E-state index >= 15 is 0 Å². The third-order valence-electron chi connectivity index (χ3n) is 3.12. The largest absolute Gasteiger partial charge is 0.427 e. The molecule has 0 unspecified atom stereocenters. The lowest BCUT2D eigenvalue weighted by atomic mass is 10.2. The van der Waals surface area contributed by atoms with Gasteiger partial charge < -0.3 is 9.47 Å². The van der Waals surface area contributed by atoms with Crippen molar-refractivity contribution in [1.29, 1.82) is 0 Å². The van der Waals surface area contributed by atoms with Gasteiger partial charge in [-0.3, -0.25) is 19.6 Å². The first-order chi connectivity index (χ1) is 12.5. The van der Waals surface area contributed by atoms with Gasteiger partial charge >= 0.3 is 11.9 Å². The van der Waals surface area contributed by atoms with Crippen LogP contribution in [0.5, 0.6) is 11.5 Å². The summed E-state index contributed by atoms with van der Waals surface area (Å²) < 4.78 is 9.94. The Balaban J connectivity index is 1.75. The van der Waals surface area contributed by atoms with Crippen LogP contribution in [0.3, 0.4) is 0 Å². The molecule has 0 aliphatic heterocycles. The van der Waals surface area contributed by atoms with Crippen molar-refractivity contribution in [2.24, 2.45) is 9.98 Å². The lowest BCUT2D eigenvalue weighted by Crippen LogP contribution is -2.01. The molecule has 2 rings (SSSR count). The summed E-state index contributed by atoms with van der Waals surface area (Å²) in [5.41, 5.74) is 1.84. The van der Waals surface area contributed by atoms with E-state index in [-0.39, 0.29) is 11.9 Å². The Morgan fingerprint density at radius 3 is 1.38 bits per heavy atom. The molecule has 0 saturated heterocycles. The van der Waals surface area contributed by atoms with E-state index in [4.69, 9.17) is 9.47 Å². The van der Waals surface area contributed by atoms with Gasteiger partial charge in [-0.2, -0.15) is 0 Å². The minimum atomic E-state index is -0.342. The lowest BCUT2D eigenvalue weighted by Gasteiger charge is -2.00. The van der Waals surface area contributed by atoms with Crippen LogP contribution in [0.15, 0.2) is 58.5 Å². The van der Waals surface area contributed by atoms with E-state index in [1.54, 1.807) is 36.7 Å². The molecule has 2 aromatic rings. The fourth-order valence-electron chi connectivity index (χ4n) is 2.03. The molecule has 6 heteroatoms. The summed E-state index contributed by atoms with van der Waals surface area (Å²) in [7, 11) is 0. The quantitative estimate of drug-likeness (QED) is 0.332. The zero-order chi connectivity index (χ0) is 18.8. The Kier molecular flexibility index (Phi) is 7.24. The van der Waals surface area contributed by atoms with Crippen molar-refractivity contribution >= 4 is 24.4 Å². The molecule has 0 amide bonds. The predicted octanol–water partition coefficient (Wildman–Crippen LogP) is 3.08. The molecular formula is C20H20N2O4. The molecule has 0 aliphatic rings. The van der Waals surface area contributed by atoms with E-state index in [1.807, 2.05) is 24.3 Å². The molecule has 6 nitrogen and oxygen atoms in total. The standard InChI is InChI=1S/C20H20N2O4/c1-15(23)25-19-7-3-17(4-8-19)13-21-11-12-22-14-18-5-9-20(10-6-18)26-16(2)24/h3-10,13-14H,11-12H2,1-2H3/b21-13+,22-14+. The van der Waals surface area contributed by atoms with Crippen molar-refractivity contribution in [3.8, 4) is 11.5 Å². The third kappa shape index (κ3) is 7.09. The van der Waals surface area contributed by atoms with Gasteiger partial charge in [0.2, 0.25) is 0 Å². The van der Waals surface area contributed by atoms with E-state index < -0.39 is 0 Å². The van der Waals surface area contributed by atoms with E-state index in [0.717, 1.165) is 11.1 Å². The summed E-state index contributed by atoms with van der Waals surface area (Å²) >= 11 is 0. The number of rotatable bonds is 7. The molecular weight excluding hydrogens is 332 g/mol. The average Bonchev–Trinajstić information content (AvgIpc) is 2.60. The van der Waals surface area contributed by atoms with Gasteiger partial charge in [-0.15, -0.1) is 0 Å². The summed E-state index contributed by atoms with van der Waals surface area (Å²) in [6.45, 7) is 3.86. The number of esters is 2. The summed E-state index contributed by atoms with van der Waals surface area (Å²) in [5, 5.41) is 0. The molecule has 0 aliphatic carbocycles. The second-order valence-electron chi connectivity index (χ2n) is 5.40. The molecule has 0 spiro atoms. The minimum Gasteiger partial charge on any atom is -0.427 e. The monoisotopic (exact) mass is 352 g/mol. The van der Waals surface area contributed by atoms with E-state index in [0.29, 0.717) is 24.6 Å². The number of hydrogen-bond donors (Lipinski definition) is 0. The molecule has 2 aromatic carbocycles. The average molecular weight is 352 g/mol. The van der Waals surface area contributed by atoms with Gasteiger partial charge in [-0.05, 0) is 59.7 Å². The maximum Gasteiger partial charge on any atom is 0.308 e. The maximum atomic E-state index is 10.9. The molecule has 0 heterocycles. The molecule has 0 N–H and O–H groups in total. The topological polar surface area (TPSA) is 77.3 Å². The van der Waals surface area contributed by atoms with Gasteiger partial charge in [-0.1, -0.05) is 0 Å². The van der Waals surface area contributed by atoms with Gasteiger partial charge in [0, 0.05) is 26.3 Å². The van der Waals surface area contributed by atoms with Gasteiger partial charge in [0.05, 0.1) is 13.1 Å². The van der Waals surface area contributed by atoms with E-state index in [1.165, 1.54) is 13.8 Å². The number of nitrogens with zero attached hydrogens (tertiary/aromatic N) is 2. The second-order valence-corrected chi connectivity index (χ2v) is 5.40.